The first kappa shape index (κ1) is 14.7. The lowest BCUT2D eigenvalue weighted by Crippen LogP contribution is -2.41. The SMILES string of the molecule is CC(C)(C)CC(C)(C)NCc1cc(C(=O)O)no1. The molecule has 0 unspecified atom stereocenters. The highest BCUT2D eigenvalue weighted by atomic mass is 16.5. The molecule has 0 aliphatic carbocycles. The third-order valence-electron chi connectivity index (χ3n) is 2.49. The minimum absolute atomic E-state index is 0.0472. The van der Waals surface area contributed by atoms with Crippen LogP contribution in [0.2, 0.25) is 0 Å². The van der Waals surface area contributed by atoms with E-state index in [2.05, 4.69) is 45.1 Å². The Balaban J connectivity index is 2.56. The minimum Gasteiger partial charge on any atom is -0.476 e. The van der Waals surface area contributed by atoms with Gasteiger partial charge in [0.25, 0.3) is 0 Å². The summed E-state index contributed by atoms with van der Waals surface area (Å²) in [4.78, 5) is 10.7. The predicted octanol–water partition coefficient (Wildman–Crippen LogP) is 2.68. The van der Waals surface area contributed by atoms with Crippen molar-refractivity contribution < 1.29 is 14.4 Å². The number of nitrogens with one attached hydrogen (secondary N) is 1. The van der Waals surface area contributed by atoms with Crippen molar-refractivity contribution in [2.45, 2.75) is 53.1 Å². The van der Waals surface area contributed by atoms with E-state index in [0.29, 0.717) is 12.3 Å². The quantitative estimate of drug-likeness (QED) is 0.845. The van der Waals surface area contributed by atoms with E-state index in [-0.39, 0.29) is 16.6 Å². The Kier molecular flexibility index (Phi) is 4.16. The highest BCUT2D eigenvalue weighted by Crippen LogP contribution is 2.27. The maximum Gasteiger partial charge on any atom is 0.358 e. The first-order chi connectivity index (χ1) is 8.09. The molecule has 1 rings (SSSR count). The summed E-state index contributed by atoms with van der Waals surface area (Å²) in [6.45, 7) is 11.3. The Bertz CT molecular complexity index is 416. The Morgan fingerprint density at radius 2 is 2.00 bits per heavy atom. The Labute approximate surface area is 108 Å². The Morgan fingerprint density at radius 3 is 2.44 bits per heavy atom. The molecule has 0 bridgehead atoms. The van der Waals surface area contributed by atoms with Gasteiger partial charge in [0.2, 0.25) is 0 Å². The van der Waals surface area contributed by atoms with E-state index >= 15 is 0 Å². The molecule has 0 amide bonds. The number of aromatic nitrogens is 1. The number of aromatic carboxylic acids is 1. The van der Waals surface area contributed by atoms with Gasteiger partial charge in [-0.05, 0) is 25.7 Å². The van der Waals surface area contributed by atoms with Crippen LogP contribution in [0.15, 0.2) is 10.6 Å². The zero-order valence-corrected chi connectivity index (χ0v) is 11.7. The van der Waals surface area contributed by atoms with Crippen molar-refractivity contribution in [3.8, 4) is 0 Å². The molecule has 0 spiro atoms. The average Bonchev–Trinajstić information content (AvgIpc) is 2.59. The largest absolute Gasteiger partial charge is 0.476 e. The fourth-order valence-corrected chi connectivity index (χ4v) is 2.21. The molecule has 0 aliphatic heterocycles. The van der Waals surface area contributed by atoms with E-state index in [4.69, 9.17) is 9.63 Å². The van der Waals surface area contributed by atoms with E-state index < -0.39 is 5.97 Å². The van der Waals surface area contributed by atoms with Gasteiger partial charge in [0.1, 0.15) is 0 Å². The van der Waals surface area contributed by atoms with Gasteiger partial charge in [-0.15, -0.1) is 0 Å². The molecule has 0 saturated heterocycles. The molecule has 5 heteroatoms. The summed E-state index contributed by atoms with van der Waals surface area (Å²) in [6.07, 6.45) is 1.000. The Morgan fingerprint density at radius 1 is 1.39 bits per heavy atom. The monoisotopic (exact) mass is 254 g/mol. The molecule has 1 aromatic heterocycles. The number of hydrogen-bond donors (Lipinski definition) is 2. The first-order valence-corrected chi connectivity index (χ1v) is 6.03. The summed E-state index contributed by atoms with van der Waals surface area (Å²) in [7, 11) is 0. The van der Waals surface area contributed by atoms with E-state index in [9.17, 15) is 4.79 Å². The first-order valence-electron chi connectivity index (χ1n) is 6.03. The van der Waals surface area contributed by atoms with Crippen molar-refractivity contribution in [1.29, 1.82) is 0 Å². The summed E-state index contributed by atoms with van der Waals surface area (Å²) < 4.78 is 4.96. The zero-order chi connectivity index (χ0) is 14.0. The molecule has 0 saturated carbocycles. The van der Waals surface area contributed by atoms with E-state index in [1.165, 1.54) is 6.07 Å². The number of carboxylic acid groups (broad SMARTS) is 1. The standard InChI is InChI=1S/C13H22N2O3/c1-12(2,3)8-13(4,5)14-7-9-6-10(11(16)17)15-18-9/h6,14H,7-8H2,1-5H3,(H,16,17). The van der Waals surface area contributed by atoms with Crippen LogP contribution in [-0.4, -0.2) is 21.8 Å². The molecule has 0 radical (unpaired) electrons. The summed E-state index contributed by atoms with van der Waals surface area (Å²) in [5.74, 6) is -0.534. The molecule has 0 aromatic carbocycles. The number of rotatable bonds is 5. The summed E-state index contributed by atoms with van der Waals surface area (Å²) in [5, 5.41) is 15.6. The number of carboxylic acids is 1. The van der Waals surface area contributed by atoms with Crippen LogP contribution in [0.4, 0.5) is 0 Å². The van der Waals surface area contributed by atoms with Crippen molar-refractivity contribution in [2.75, 3.05) is 0 Å². The summed E-state index contributed by atoms with van der Waals surface area (Å²) in [5.41, 5.74) is 0.124. The smallest absolute Gasteiger partial charge is 0.358 e. The third-order valence-corrected chi connectivity index (χ3v) is 2.49. The molecular weight excluding hydrogens is 232 g/mol. The Hall–Kier alpha value is -1.36. The highest BCUT2D eigenvalue weighted by Gasteiger charge is 2.25. The van der Waals surface area contributed by atoms with Gasteiger partial charge in [-0.2, -0.15) is 0 Å². The second-order valence-corrected chi connectivity index (χ2v) is 6.46. The predicted molar refractivity (Wildman–Crippen MR) is 68.5 cm³/mol. The molecule has 2 N–H and O–H groups in total. The van der Waals surface area contributed by atoms with Crippen LogP contribution >= 0.6 is 0 Å². The van der Waals surface area contributed by atoms with Gasteiger partial charge in [0.05, 0.1) is 6.54 Å². The second-order valence-electron chi connectivity index (χ2n) is 6.46. The van der Waals surface area contributed by atoms with Gasteiger partial charge in [0, 0.05) is 11.6 Å². The van der Waals surface area contributed by atoms with Crippen molar-refractivity contribution in [3.05, 3.63) is 17.5 Å². The molecule has 1 heterocycles. The van der Waals surface area contributed by atoms with Gasteiger partial charge in [0.15, 0.2) is 11.5 Å². The molecule has 0 aliphatic rings. The number of hydrogen-bond acceptors (Lipinski definition) is 4. The normalized spacial score (nSPS) is 12.7. The van der Waals surface area contributed by atoms with Crippen LogP contribution in [0.3, 0.4) is 0 Å². The van der Waals surface area contributed by atoms with Crippen LogP contribution in [0.25, 0.3) is 0 Å². The molecule has 18 heavy (non-hydrogen) atoms. The van der Waals surface area contributed by atoms with Gasteiger partial charge in [-0.1, -0.05) is 25.9 Å². The lowest BCUT2D eigenvalue weighted by Gasteiger charge is -2.33. The molecule has 1 aromatic rings. The van der Waals surface area contributed by atoms with Gasteiger partial charge >= 0.3 is 5.97 Å². The van der Waals surface area contributed by atoms with Crippen molar-refractivity contribution in [3.63, 3.8) is 0 Å². The van der Waals surface area contributed by atoms with Gasteiger partial charge in [-0.3, -0.25) is 0 Å². The number of nitrogens with zero attached hydrogens (tertiary/aromatic N) is 1. The lowest BCUT2D eigenvalue weighted by atomic mass is 9.82. The van der Waals surface area contributed by atoms with Gasteiger partial charge < -0.3 is 14.9 Å². The van der Waals surface area contributed by atoms with E-state index in [1.54, 1.807) is 0 Å². The van der Waals surface area contributed by atoms with Crippen LogP contribution in [0.1, 0.15) is 57.3 Å². The van der Waals surface area contributed by atoms with Crippen molar-refractivity contribution in [2.24, 2.45) is 5.41 Å². The highest BCUT2D eigenvalue weighted by molar-refractivity contribution is 5.85. The minimum atomic E-state index is -1.07. The van der Waals surface area contributed by atoms with Crippen molar-refractivity contribution >= 4 is 5.97 Å². The van der Waals surface area contributed by atoms with Crippen molar-refractivity contribution in [1.82, 2.24) is 10.5 Å². The molecule has 5 nitrogen and oxygen atoms in total. The lowest BCUT2D eigenvalue weighted by molar-refractivity contribution is 0.0685. The van der Waals surface area contributed by atoms with Crippen LogP contribution in [-0.2, 0) is 6.54 Å². The maximum atomic E-state index is 10.7. The maximum absolute atomic E-state index is 10.7. The second kappa shape index (κ2) is 5.10. The summed E-state index contributed by atoms with van der Waals surface area (Å²) >= 11 is 0. The topological polar surface area (TPSA) is 75.4 Å². The molecule has 0 atom stereocenters. The average molecular weight is 254 g/mol. The fraction of sp³-hybridized carbons (Fsp3) is 0.692. The molecular formula is C13H22N2O3. The van der Waals surface area contributed by atoms with Crippen LogP contribution in [0, 0.1) is 5.41 Å². The van der Waals surface area contributed by atoms with E-state index in [1.807, 2.05) is 0 Å². The third kappa shape index (κ3) is 4.87. The fourth-order valence-electron chi connectivity index (χ4n) is 2.21. The molecule has 102 valence electrons. The van der Waals surface area contributed by atoms with Crippen LogP contribution < -0.4 is 5.32 Å². The van der Waals surface area contributed by atoms with E-state index in [0.717, 1.165) is 6.42 Å². The number of carbonyl (C=O) groups is 1. The molecule has 0 fully saturated rings. The van der Waals surface area contributed by atoms with Gasteiger partial charge in [-0.25, -0.2) is 4.79 Å². The zero-order valence-electron chi connectivity index (χ0n) is 11.7. The summed E-state index contributed by atoms with van der Waals surface area (Å²) in [6, 6.07) is 1.45. The van der Waals surface area contributed by atoms with Crippen LogP contribution in [0.5, 0.6) is 0 Å².